The first-order chi connectivity index (χ1) is 19.6. The number of ether oxygens (including phenoxy) is 1. The van der Waals surface area contributed by atoms with Gasteiger partial charge < -0.3 is 9.64 Å². The summed E-state index contributed by atoms with van der Waals surface area (Å²) in [5.74, 6) is 2.15. The fourth-order valence-corrected chi connectivity index (χ4v) is 8.87. The van der Waals surface area contributed by atoms with Gasteiger partial charge in [-0.1, -0.05) is 36.4 Å². The average Bonchev–Trinajstić information content (AvgIpc) is 2.96. The van der Waals surface area contributed by atoms with Crippen molar-refractivity contribution in [2.45, 2.75) is 43.3 Å². The van der Waals surface area contributed by atoms with Gasteiger partial charge in [0.2, 0.25) is 0 Å². The van der Waals surface area contributed by atoms with Crippen molar-refractivity contribution in [3.8, 4) is 17.9 Å². The predicted octanol–water partition coefficient (Wildman–Crippen LogP) is 5.89. The van der Waals surface area contributed by atoms with Crippen LogP contribution in [0.15, 0.2) is 66.7 Å². The molecule has 40 heavy (non-hydrogen) atoms. The lowest BCUT2D eigenvalue weighted by Crippen LogP contribution is -2.76. The minimum atomic E-state index is -0.730. The topological polar surface area (TPSA) is 95.6 Å². The number of benzene rings is 3. The van der Waals surface area contributed by atoms with Crippen molar-refractivity contribution >= 4 is 17.3 Å². The van der Waals surface area contributed by atoms with Crippen LogP contribution in [0.25, 0.3) is 0 Å². The molecule has 4 aliphatic carbocycles. The van der Waals surface area contributed by atoms with E-state index in [4.69, 9.17) is 14.5 Å². The number of fused-ring (bicyclic) bond motifs is 4. The first-order valence-corrected chi connectivity index (χ1v) is 14.0. The highest BCUT2D eigenvalue weighted by Crippen LogP contribution is 2.73. The van der Waals surface area contributed by atoms with E-state index in [0.717, 1.165) is 34.3 Å². The van der Waals surface area contributed by atoms with Crippen LogP contribution < -0.4 is 9.64 Å². The highest BCUT2D eigenvalue weighted by atomic mass is 17.3. The monoisotopic (exact) mass is 529 g/mol. The van der Waals surface area contributed by atoms with Gasteiger partial charge in [-0.3, -0.25) is 0 Å². The van der Waals surface area contributed by atoms with Crippen molar-refractivity contribution in [3.63, 3.8) is 0 Å². The Bertz CT molecular complexity index is 1540. The molecule has 0 aromatic heterocycles. The van der Waals surface area contributed by atoms with Gasteiger partial charge >= 0.3 is 5.97 Å². The Labute approximate surface area is 232 Å². The van der Waals surface area contributed by atoms with E-state index in [1.807, 2.05) is 53.4 Å². The van der Waals surface area contributed by atoms with Crippen LogP contribution >= 0.6 is 0 Å². The summed E-state index contributed by atoms with van der Waals surface area (Å²) in [5.41, 5.74) is 3.24. The molecule has 0 N–H and O–H groups in total. The molecule has 1 saturated heterocycles. The van der Waals surface area contributed by atoms with Crippen LogP contribution in [0.1, 0.15) is 54.4 Å². The van der Waals surface area contributed by atoms with Gasteiger partial charge in [0.05, 0.1) is 23.3 Å². The van der Waals surface area contributed by atoms with Crippen molar-refractivity contribution in [1.29, 1.82) is 10.5 Å². The summed E-state index contributed by atoms with van der Waals surface area (Å²) in [5, 5.41) is 18.6. The lowest BCUT2D eigenvalue weighted by Gasteiger charge is -2.71. The molecule has 2 heterocycles. The molecule has 2 aliphatic heterocycles. The first kappa shape index (κ1) is 23.7. The normalized spacial score (nSPS) is 29.7. The summed E-state index contributed by atoms with van der Waals surface area (Å²) in [6.07, 6.45) is 6.10. The number of carbonyl (C=O) groups excluding carboxylic acids is 1. The summed E-state index contributed by atoms with van der Waals surface area (Å²) in [6.45, 7) is -0.0480. The van der Waals surface area contributed by atoms with Crippen LogP contribution in [0, 0.1) is 46.3 Å². The second kappa shape index (κ2) is 8.41. The maximum atomic E-state index is 13.4. The number of esters is 1. The predicted molar refractivity (Wildman–Crippen MR) is 144 cm³/mol. The lowest BCUT2D eigenvalue weighted by atomic mass is 9.44. The first-order valence-electron chi connectivity index (χ1n) is 14.0. The summed E-state index contributed by atoms with van der Waals surface area (Å²) < 4.78 is 5.67. The van der Waals surface area contributed by atoms with E-state index in [9.17, 15) is 15.3 Å². The van der Waals surface area contributed by atoms with E-state index in [2.05, 4.69) is 12.1 Å². The van der Waals surface area contributed by atoms with Crippen LogP contribution in [-0.2, 0) is 20.2 Å². The van der Waals surface area contributed by atoms with E-state index in [1.165, 1.54) is 50.3 Å². The fraction of sp³-hybridized carbons (Fsp3) is 0.364. The third-order valence-corrected chi connectivity index (χ3v) is 10.0. The Morgan fingerprint density at radius 3 is 1.88 bits per heavy atom. The molecule has 3 aromatic rings. The van der Waals surface area contributed by atoms with Gasteiger partial charge in [0, 0.05) is 22.5 Å². The number of hydrogen-bond acceptors (Lipinski definition) is 7. The zero-order valence-electron chi connectivity index (χ0n) is 21.9. The zero-order chi connectivity index (χ0) is 27.1. The van der Waals surface area contributed by atoms with E-state index in [-0.39, 0.29) is 23.4 Å². The minimum absolute atomic E-state index is 0.0480. The maximum Gasteiger partial charge on any atom is 0.331 e. The Kier molecular flexibility index (Phi) is 4.98. The highest BCUT2D eigenvalue weighted by molar-refractivity contribution is 5.87. The fourth-order valence-electron chi connectivity index (χ4n) is 8.87. The van der Waals surface area contributed by atoms with Gasteiger partial charge in [0.15, 0.2) is 5.60 Å². The third kappa shape index (κ3) is 3.02. The quantitative estimate of drug-likeness (QED) is 0.237. The highest BCUT2D eigenvalue weighted by Gasteiger charge is 2.77. The summed E-state index contributed by atoms with van der Waals surface area (Å²) in [6, 6.07) is 24.8. The van der Waals surface area contributed by atoms with Crippen molar-refractivity contribution in [1.82, 2.24) is 0 Å². The van der Waals surface area contributed by atoms with Gasteiger partial charge in [0.25, 0.3) is 0 Å². The molecule has 0 radical (unpaired) electrons. The molecule has 9 rings (SSSR count). The zero-order valence-corrected chi connectivity index (χ0v) is 21.9. The van der Waals surface area contributed by atoms with Crippen molar-refractivity contribution < 1.29 is 19.3 Å². The van der Waals surface area contributed by atoms with Gasteiger partial charge in [-0.05, 0) is 86.1 Å². The number of rotatable bonds is 3. The van der Waals surface area contributed by atoms with E-state index in [1.54, 1.807) is 0 Å². The van der Waals surface area contributed by atoms with Gasteiger partial charge in [-0.2, -0.15) is 10.5 Å². The smallest absolute Gasteiger partial charge is 0.331 e. The molecule has 0 atom stereocenters. The molecule has 7 nitrogen and oxygen atoms in total. The van der Waals surface area contributed by atoms with E-state index in [0.29, 0.717) is 11.8 Å². The SMILES string of the molecule is N#Cc1cc(C#N)cc(OC(=O)CN2c3ccccc3C3(OOC34C3CC5CC(C3)CC4C5)c3ccccc32)c1. The number of hydrogen-bond donors (Lipinski definition) is 0. The van der Waals surface area contributed by atoms with Crippen LogP contribution in [0.4, 0.5) is 11.4 Å². The Hall–Kier alpha value is -4.17. The van der Waals surface area contributed by atoms with Crippen molar-refractivity contribution in [2.75, 3.05) is 11.4 Å². The minimum Gasteiger partial charge on any atom is -0.425 e. The summed E-state index contributed by atoms with van der Waals surface area (Å²) in [7, 11) is 0. The second-order valence-corrected chi connectivity index (χ2v) is 12.0. The molecule has 7 heteroatoms. The molecule has 5 fully saturated rings. The lowest BCUT2D eigenvalue weighted by molar-refractivity contribution is -0.583. The molecule has 0 unspecified atom stereocenters. The van der Waals surface area contributed by atoms with E-state index >= 15 is 0 Å². The third-order valence-electron chi connectivity index (χ3n) is 10.0. The molecular weight excluding hydrogens is 502 g/mol. The average molecular weight is 530 g/mol. The molecule has 0 amide bonds. The molecule has 4 bridgehead atoms. The number of nitriles is 2. The molecular formula is C33H27N3O4. The Morgan fingerprint density at radius 1 is 0.825 bits per heavy atom. The number of para-hydroxylation sites is 2. The molecule has 3 aromatic carbocycles. The standard InChI is InChI=1S/C33H27N3O4/c34-17-22-10-23(18-35)16-26(15-22)38-31(37)19-36-29-7-3-1-5-27(29)33(28-6-2-4-8-30(28)36)32(39-40-33)24-11-20-9-21(13-24)14-25(32)12-20/h1-8,10,15-16,20-21,24-25H,9,11-14,19H2. The van der Waals surface area contributed by atoms with Crippen LogP contribution in [0.3, 0.4) is 0 Å². The maximum absolute atomic E-state index is 13.4. The van der Waals surface area contributed by atoms with Crippen molar-refractivity contribution in [2.24, 2.45) is 23.7 Å². The molecule has 198 valence electrons. The molecule has 2 spiro atoms. The summed E-state index contributed by atoms with van der Waals surface area (Å²) >= 11 is 0. The van der Waals surface area contributed by atoms with Crippen LogP contribution in [0.2, 0.25) is 0 Å². The molecule has 4 saturated carbocycles. The number of anilines is 2. The molecule has 6 aliphatic rings. The number of carbonyl (C=O) groups is 1. The van der Waals surface area contributed by atoms with Crippen LogP contribution in [0.5, 0.6) is 5.75 Å². The Balaban J connectivity index is 1.20. The second-order valence-electron chi connectivity index (χ2n) is 12.0. The van der Waals surface area contributed by atoms with Gasteiger partial charge in [-0.25, -0.2) is 14.6 Å². The number of nitrogens with zero attached hydrogens (tertiary/aromatic N) is 3. The largest absolute Gasteiger partial charge is 0.425 e. The Morgan fingerprint density at radius 2 is 1.38 bits per heavy atom. The van der Waals surface area contributed by atoms with E-state index < -0.39 is 17.2 Å². The van der Waals surface area contributed by atoms with Gasteiger partial charge in [0.1, 0.15) is 17.9 Å². The van der Waals surface area contributed by atoms with Crippen molar-refractivity contribution in [3.05, 3.63) is 89.0 Å². The van der Waals surface area contributed by atoms with Crippen LogP contribution in [-0.4, -0.2) is 18.1 Å². The summed E-state index contributed by atoms with van der Waals surface area (Å²) in [4.78, 5) is 28.1. The van der Waals surface area contributed by atoms with Gasteiger partial charge in [-0.15, -0.1) is 0 Å².